The highest BCUT2D eigenvalue weighted by molar-refractivity contribution is 5.82. The molecule has 5 heteroatoms. The van der Waals surface area contributed by atoms with E-state index in [1.165, 1.54) is 12.8 Å². The SMILES string of the molecule is COCC(O)CN1CCCC(NC2CC2)C1=O. The lowest BCUT2D eigenvalue weighted by Crippen LogP contribution is -2.53. The summed E-state index contributed by atoms with van der Waals surface area (Å²) >= 11 is 0. The molecular weight excluding hydrogens is 220 g/mol. The monoisotopic (exact) mass is 242 g/mol. The van der Waals surface area contributed by atoms with E-state index >= 15 is 0 Å². The first-order valence-corrected chi connectivity index (χ1v) is 6.42. The van der Waals surface area contributed by atoms with Crippen molar-refractivity contribution in [3.05, 3.63) is 0 Å². The van der Waals surface area contributed by atoms with Gasteiger partial charge in [-0.05, 0) is 25.7 Å². The Balaban J connectivity index is 1.81. The summed E-state index contributed by atoms with van der Waals surface area (Å²) in [5.74, 6) is 0.137. The summed E-state index contributed by atoms with van der Waals surface area (Å²) < 4.78 is 4.88. The maximum absolute atomic E-state index is 12.1. The summed E-state index contributed by atoms with van der Waals surface area (Å²) in [4.78, 5) is 13.9. The summed E-state index contributed by atoms with van der Waals surface area (Å²) in [7, 11) is 1.55. The largest absolute Gasteiger partial charge is 0.389 e. The second-order valence-corrected chi connectivity index (χ2v) is 5.03. The molecule has 1 heterocycles. The number of carbonyl (C=O) groups is 1. The zero-order chi connectivity index (χ0) is 12.3. The molecule has 1 aliphatic heterocycles. The molecule has 0 aromatic rings. The lowest BCUT2D eigenvalue weighted by molar-refractivity contribution is -0.138. The van der Waals surface area contributed by atoms with Crippen LogP contribution in [0, 0.1) is 0 Å². The van der Waals surface area contributed by atoms with Crippen molar-refractivity contribution >= 4 is 5.91 Å². The number of hydrogen-bond acceptors (Lipinski definition) is 4. The van der Waals surface area contributed by atoms with Gasteiger partial charge in [-0.1, -0.05) is 0 Å². The molecule has 1 saturated carbocycles. The van der Waals surface area contributed by atoms with Crippen molar-refractivity contribution in [3.63, 3.8) is 0 Å². The van der Waals surface area contributed by atoms with Crippen LogP contribution in [0.1, 0.15) is 25.7 Å². The Morgan fingerprint density at radius 1 is 1.53 bits per heavy atom. The molecule has 0 spiro atoms. The van der Waals surface area contributed by atoms with E-state index in [9.17, 15) is 9.90 Å². The van der Waals surface area contributed by atoms with E-state index in [0.29, 0.717) is 12.6 Å². The smallest absolute Gasteiger partial charge is 0.239 e. The topological polar surface area (TPSA) is 61.8 Å². The minimum atomic E-state index is -0.580. The number of aliphatic hydroxyl groups is 1. The number of nitrogens with one attached hydrogen (secondary N) is 1. The van der Waals surface area contributed by atoms with Crippen LogP contribution in [0.3, 0.4) is 0 Å². The van der Waals surface area contributed by atoms with Crippen LogP contribution >= 0.6 is 0 Å². The Labute approximate surface area is 102 Å². The average Bonchev–Trinajstić information content (AvgIpc) is 3.08. The van der Waals surface area contributed by atoms with Gasteiger partial charge in [-0.25, -0.2) is 0 Å². The van der Waals surface area contributed by atoms with Crippen molar-refractivity contribution in [1.82, 2.24) is 10.2 Å². The molecule has 2 atom stereocenters. The van der Waals surface area contributed by atoms with Crippen LogP contribution in [0.4, 0.5) is 0 Å². The van der Waals surface area contributed by atoms with Crippen LogP contribution in [0.15, 0.2) is 0 Å². The van der Waals surface area contributed by atoms with E-state index in [0.717, 1.165) is 19.4 Å². The first-order chi connectivity index (χ1) is 8.20. The maximum Gasteiger partial charge on any atom is 0.239 e. The predicted molar refractivity (Wildman–Crippen MR) is 63.6 cm³/mol. The molecule has 1 amide bonds. The average molecular weight is 242 g/mol. The standard InChI is InChI=1S/C12H22N2O3/c1-17-8-10(15)7-14-6-2-3-11(12(14)16)13-9-4-5-9/h9-11,13,15H,2-8H2,1H3. The molecule has 0 radical (unpaired) electrons. The van der Waals surface area contributed by atoms with Crippen molar-refractivity contribution in [1.29, 1.82) is 0 Å². The molecule has 2 unspecified atom stereocenters. The molecule has 2 aliphatic rings. The second kappa shape index (κ2) is 5.80. The van der Waals surface area contributed by atoms with E-state index in [2.05, 4.69) is 5.32 Å². The first-order valence-electron chi connectivity index (χ1n) is 6.42. The number of hydrogen-bond donors (Lipinski definition) is 2. The molecule has 1 aliphatic carbocycles. The van der Waals surface area contributed by atoms with Gasteiger partial charge in [-0.15, -0.1) is 0 Å². The first kappa shape index (κ1) is 12.8. The summed E-state index contributed by atoms with van der Waals surface area (Å²) in [5.41, 5.74) is 0. The van der Waals surface area contributed by atoms with Crippen LogP contribution in [-0.4, -0.2) is 60.9 Å². The predicted octanol–water partition coefficient (Wildman–Crippen LogP) is -0.263. The Bertz CT molecular complexity index is 268. The maximum atomic E-state index is 12.1. The fraction of sp³-hybridized carbons (Fsp3) is 0.917. The molecule has 5 nitrogen and oxygen atoms in total. The molecule has 0 aromatic carbocycles. The third kappa shape index (κ3) is 3.66. The van der Waals surface area contributed by atoms with Crippen molar-refractivity contribution in [2.45, 2.75) is 43.9 Å². The molecule has 2 fully saturated rings. The number of amides is 1. The van der Waals surface area contributed by atoms with Gasteiger partial charge in [0.2, 0.25) is 5.91 Å². The number of rotatable bonds is 6. The zero-order valence-corrected chi connectivity index (χ0v) is 10.4. The highest BCUT2D eigenvalue weighted by Gasteiger charge is 2.33. The third-order valence-electron chi connectivity index (χ3n) is 3.34. The molecule has 0 bridgehead atoms. The Kier molecular flexibility index (Phi) is 4.36. The van der Waals surface area contributed by atoms with Gasteiger partial charge in [0.05, 0.1) is 18.8 Å². The van der Waals surface area contributed by atoms with E-state index in [4.69, 9.17) is 4.74 Å². The quantitative estimate of drug-likeness (QED) is 0.673. The van der Waals surface area contributed by atoms with Gasteiger partial charge in [0, 0.05) is 26.2 Å². The van der Waals surface area contributed by atoms with E-state index < -0.39 is 6.10 Å². The van der Waals surface area contributed by atoms with E-state index in [1.54, 1.807) is 12.0 Å². The minimum absolute atomic E-state index is 0.0361. The number of aliphatic hydroxyl groups excluding tert-OH is 1. The van der Waals surface area contributed by atoms with Crippen LogP contribution in [0.25, 0.3) is 0 Å². The second-order valence-electron chi connectivity index (χ2n) is 5.03. The minimum Gasteiger partial charge on any atom is -0.389 e. The van der Waals surface area contributed by atoms with Crippen molar-refractivity contribution in [2.75, 3.05) is 26.8 Å². The fourth-order valence-corrected chi connectivity index (χ4v) is 2.31. The Morgan fingerprint density at radius 2 is 2.29 bits per heavy atom. The molecule has 1 saturated heterocycles. The summed E-state index contributed by atoms with van der Waals surface area (Å²) in [5, 5.41) is 13.0. The molecular formula is C12H22N2O3. The van der Waals surface area contributed by atoms with Crippen LogP contribution < -0.4 is 5.32 Å². The Hall–Kier alpha value is -0.650. The number of piperidine rings is 1. The fourth-order valence-electron chi connectivity index (χ4n) is 2.31. The zero-order valence-electron chi connectivity index (χ0n) is 10.4. The summed E-state index contributed by atoms with van der Waals surface area (Å²) in [6, 6.07) is 0.513. The molecule has 98 valence electrons. The molecule has 0 aromatic heterocycles. The summed E-state index contributed by atoms with van der Waals surface area (Å²) in [6.07, 6.45) is 3.73. The Morgan fingerprint density at radius 3 is 2.94 bits per heavy atom. The van der Waals surface area contributed by atoms with Gasteiger partial charge in [-0.3, -0.25) is 4.79 Å². The number of ether oxygens (including phenoxy) is 1. The van der Waals surface area contributed by atoms with Crippen LogP contribution in [-0.2, 0) is 9.53 Å². The molecule has 2 rings (SSSR count). The summed E-state index contributed by atoms with van der Waals surface area (Å²) in [6.45, 7) is 1.42. The highest BCUT2D eigenvalue weighted by Crippen LogP contribution is 2.22. The van der Waals surface area contributed by atoms with E-state index in [-0.39, 0.29) is 18.6 Å². The van der Waals surface area contributed by atoms with Crippen molar-refractivity contribution in [2.24, 2.45) is 0 Å². The van der Waals surface area contributed by atoms with E-state index in [1.807, 2.05) is 0 Å². The molecule has 2 N–H and O–H groups in total. The lowest BCUT2D eigenvalue weighted by Gasteiger charge is -2.34. The van der Waals surface area contributed by atoms with Crippen molar-refractivity contribution in [3.8, 4) is 0 Å². The van der Waals surface area contributed by atoms with Gasteiger partial charge in [-0.2, -0.15) is 0 Å². The third-order valence-corrected chi connectivity index (χ3v) is 3.34. The van der Waals surface area contributed by atoms with Crippen LogP contribution in [0.5, 0.6) is 0 Å². The van der Waals surface area contributed by atoms with Gasteiger partial charge in [0.15, 0.2) is 0 Å². The van der Waals surface area contributed by atoms with Crippen LogP contribution in [0.2, 0.25) is 0 Å². The number of β-amino-alcohol motifs (C(OH)–C–C–N with tert-alkyl or cyclic N) is 1. The normalized spacial score (nSPS) is 27.3. The van der Waals surface area contributed by atoms with Gasteiger partial charge < -0.3 is 20.1 Å². The van der Waals surface area contributed by atoms with Gasteiger partial charge >= 0.3 is 0 Å². The number of nitrogens with zero attached hydrogens (tertiary/aromatic N) is 1. The lowest BCUT2D eigenvalue weighted by atomic mass is 10.0. The number of likely N-dealkylation sites (tertiary alicyclic amines) is 1. The number of methoxy groups -OCH3 is 1. The molecule has 17 heavy (non-hydrogen) atoms. The number of carbonyl (C=O) groups excluding carboxylic acids is 1. The van der Waals surface area contributed by atoms with Gasteiger partial charge in [0.1, 0.15) is 0 Å². The highest BCUT2D eigenvalue weighted by atomic mass is 16.5. The van der Waals surface area contributed by atoms with Crippen molar-refractivity contribution < 1.29 is 14.6 Å². The van der Waals surface area contributed by atoms with Gasteiger partial charge in [0.25, 0.3) is 0 Å².